The van der Waals surface area contributed by atoms with Crippen molar-refractivity contribution < 1.29 is 13.9 Å². The molecule has 0 spiro atoms. The van der Waals surface area contributed by atoms with Gasteiger partial charge in [0.05, 0.1) is 17.1 Å². The van der Waals surface area contributed by atoms with E-state index >= 15 is 0 Å². The second-order valence-electron chi connectivity index (χ2n) is 11.1. The van der Waals surface area contributed by atoms with E-state index in [1.807, 2.05) is 61.0 Å². The minimum Gasteiger partial charge on any atom is -0.385 e. The SMILES string of the molecule is COCC[C@@H]1C[C@@H](CC(=O)Cc2c(C)c(-c3cnc(C)nc3)nn2-c2ccccc2)[C@H](c2ccc(F)c(C)c2)C1. The molecule has 6 nitrogen and oxygen atoms in total. The number of aryl methyl sites for hydroxylation is 2. The summed E-state index contributed by atoms with van der Waals surface area (Å²) < 4.78 is 21.3. The number of methoxy groups -OCH3 is 1. The highest BCUT2D eigenvalue weighted by Crippen LogP contribution is 2.46. The summed E-state index contributed by atoms with van der Waals surface area (Å²) in [5.74, 6) is 1.62. The molecule has 1 aliphatic carbocycles. The standard InChI is InChI=1S/C33H37FN4O2/c1-21-14-25(10-11-31(21)34)30-16-24(12-13-40-4)15-26(30)17-29(39)18-32-22(2)33(27-19-35-23(3)36-20-27)37-38(32)28-8-6-5-7-9-28/h5-11,14,19-20,24,26,30H,12-13,15-18H2,1-4H3/t24-,26+,30+/m1/s1. The molecule has 0 aliphatic heterocycles. The maximum absolute atomic E-state index is 14.1. The molecule has 0 radical (unpaired) electrons. The molecule has 1 aliphatic rings. The summed E-state index contributed by atoms with van der Waals surface area (Å²) in [6.45, 7) is 6.39. The van der Waals surface area contributed by atoms with Gasteiger partial charge in [-0.2, -0.15) is 5.10 Å². The highest BCUT2D eigenvalue weighted by Gasteiger charge is 2.36. The fourth-order valence-corrected chi connectivity index (χ4v) is 6.15. The van der Waals surface area contributed by atoms with E-state index in [0.717, 1.165) is 53.0 Å². The van der Waals surface area contributed by atoms with E-state index in [1.165, 1.54) is 0 Å². The summed E-state index contributed by atoms with van der Waals surface area (Å²) >= 11 is 0. The Morgan fingerprint density at radius 2 is 1.80 bits per heavy atom. The molecule has 0 N–H and O–H groups in total. The molecule has 4 aromatic rings. The van der Waals surface area contributed by atoms with Crippen LogP contribution in [0.4, 0.5) is 4.39 Å². The van der Waals surface area contributed by atoms with E-state index in [-0.39, 0.29) is 29.9 Å². The number of carbonyl (C=O) groups excluding carboxylic acids is 1. The first-order chi connectivity index (χ1) is 19.3. The fraction of sp³-hybridized carbons (Fsp3) is 0.394. The zero-order chi connectivity index (χ0) is 28.2. The molecule has 3 atom stereocenters. The van der Waals surface area contributed by atoms with E-state index in [1.54, 1.807) is 32.5 Å². The van der Waals surface area contributed by atoms with Crippen LogP contribution in [-0.4, -0.2) is 39.2 Å². The lowest BCUT2D eigenvalue weighted by Crippen LogP contribution is -2.16. The number of ether oxygens (including phenoxy) is 1. The van der Waals surface area contributed by atoms with E-state index in [4.69, 9.17) is 9.84 Å². The molecule has 0 saturated heterocycles. The van der Waals surface area contributed by atoms with Gasteiger partial charge in [-0.25, -0.2) is 19.0 Å². The second kappa shape index (κ2) is 12.2. The number of Topliss-reactive ketones (excluding diaryl/α,β-unsaturated/α-hetero) is 1. The lowest BCUT2D eigenvalue weighted by Gasteiger charge is -2.20. The first kappa shape index (κ1) is 27.8. The third-order valence-electron chi connectivity index (χ3n) is 8.29. The molecule has 0 unspecified atom stereocenters. The van der Waals surface area contributed by atoms with Crippen molar-refractivity contribution in [3.8, 4) is 16.9 Å². The summed E-state index contributed by atoms with van der Waals surface area (Å²) in [5.41, 5.74) is 6.14. The van der Waals surface area contributed by atoms with Crippen molar-refractivity contribution in [3.05, 3.63) is 95.0 Å². The van der Waals surface area contributed by atoms with Gasteiger partial charge >= 0.3 is 0 Å². The van der Waals surface area contributed by atoms with Gasteiger partial charge in [-0.05, 0) is 92.7 Å². The highest BCUT2D eigenvalue weighted by molar-refractivity contribution is 5.82. The summed E-state index contributed by atoms with van der Waals surface area (Å²) in [5, 5.41) is 4.93. The minimum absolute atomic E-state index is 0.188. The van der Waals surface area contributed by atoms with Gasteiger partial charge in [-0.1, -0.05) is 30.3 Å². The van der Waals surface area contributed by atoms with Crippen molar-refractivity contribution in [2.75, 3.05) is 13.7 Å². The number of halogens is 1. The molecule has 1 saturated carbocycles. The molecular formula is C33H37FN4O2. The summed E-state index contributed by atoms with van der Waals surface area (Å²) in [6, 6.07) is 15.3. The van der Waals surface area contributed by atoms with Crippen LogP contribution in [0.2, 0.25) is 0 Å². The van der Waals surface area contributed by atoms with Gasteiger partial charge < -0.3 is 4.74 Å². The molecule has 0 amide bonds. The van der Waals surface area contributed by atoms with E-state index in [0.29, 0.717) is 30.3 Å². The highest BCUT2D eigenvalue weighted by atomic mass is 19.1. The van der Waals surface area contributed by atoms with Crippen LogP contribution in [0.5, 0.6) is 0 Å². The summed E-state index contributed by atoms with van der Waals surface area (Å²) in [7, 11) is 1.73. The summed E-state index contributed by atoms with van der Waals surface area (Å²) in [6.07, 6.45) is 7.27. The van der Waals surface area contributed by atoms with Gasteiger partial charge in [-0.3, -0.25) is 4.79 Å². The number of ketones is 1. The fourth-order valence-electron chi connectivity index (χ4n) is 6.15. The monoisotopic (exact) mass is 540 g/mol. The zero-order valence-electron chi connectivity index (χ0n) is 23.7. The first-order valence-electron chi connectivity index (χ1n) is 14.0. The lowest BCUT2D eigenvalue weighted by molar-refractivity contribution is -0.119. The van der Waals surface area contributed by atoms with Gasteiger partial charge in [-0.15, -0.1) is 0 Å². The average Bonchev–Trinajstić information content (AvgIpc) is 3.50. The maximum Gasteiger partial charge on any atom is 0.139 e. The van der Waals surface area contributed by atoms with E-state index in [2.05, 4.69) is 9.97 Å². The van der Waals surface area contributed by atoms with Crippen LogP contribution < -0.4 is 0 Å². The van der Waals surface area contributed by atoms with Gasteiger partial charge in [0.25, 0.3) is 0 Å². The second-order valence-corrected chi connectivity index (χ2v) is 11.1. The Morgan fingerprint density at radius 1 is 1.05 bits per heavy atom. The number of hydrogen-bond acceptors (Lipinski definition) is 5. The largest absolute Gasteiger partial charge is 0.385 e. The van der Waals surface area contributed by atoms with Crippen molar-refractivity contribution in [1.82, 2.24) is 19.7 Å². The van der Waals surface area contributed by atoms with Crippen molar-refractivity contribution >= 4 is 5.78 Å². The third kappa shape index (κ3) is 6.04. The Kier molecular flexibility index (Phi) is 8.50. The first-order valence-corrected chi connectivity index (χ1v) is 14.0. The van der Waals surface area contributed by atoms with Crippen LogP contribution in [0.3, 0.4) is 0 Å². The van der Waals surface area contributed by atoms with Crippen LogP contribution in [-0.2, 0) is 16.0 Å². The molecule has 0 bridgehead atoms. The van der Waals surface area contributed by atoms with Crippen LogP contribution in [0.25, 0.3) is 16.9 Å². The van der Waals surface area contributed by atoms with Gasteiger partial charge in [0, 0.05) is 44.5 Å². The molecule has 2 aromatic heterocycles. The molecule has 1 fully saturated rings. The minimum atomic E-state index is -0.190. The van der Waals surface area contributed by atoms with Crippen molar-refractivity contribution in [3.63, 3.8) is 0 Å². The maximum atomic E-state index is 14.1. The number of rotatable bonds is 10. The molecule has 2 aromatic carbocycles. The van der Waals surface area contributed by atoms with Crippen LogP contribution >= 0.6 is 0 Å². The van der Waals surface area contributed by atoms with Gasteiger partial charge in [0.2, 0.25) is 0 Å². The van der Waals surface area contributed by atoms with Crippen molar-refractivity contribution in [2.24, 2.45) is 11.8 Å². The number of para-hydroxylation sites is 1. The Hall–Kier alpha value is -3.71. The average molecular weight is 541 g/mol. The normalized spacial score (nSPS) is 18.8. The Labute approximate surface area is 235 Å². The molecule has 2 heterocycles. The van der Waals surface area contributed by atoms with E-state index in [9.17, 15) is 9.18 Å². The number of nitrogens with zero attached hydrogens (tertiary/aromatic N) is 4. The van der Waals surface area contributed by atoms with E-state index < -0.39 is 0 Å². The van der Waals surface area contributed by atoms with Gasteiger partial charge in [0.15, 0.2) is 0 Å². The smallest absolute Gasteiger partial charge is 0.139 e. The molecule has 208 valence electrons. The predicted octanol–water partition coefficient (Wildman–Crippen LogP) is 6.74. The molecule has 7 heteroatoms. The van der Waals surface area contributed by atoms with Crippen LogP contribution in [0.15, 0.2) is 60.9 Å². The molecule has 40 heavy (non-hydrogen) atoms. The summed E-state index contributed by atoms with van der Waals surface area (Å²) in [4.78, 5) is 22.5. The quantitative estimate of drug-likeness (QED) is 0.223. The Morgan fingerprint density at radius 3 is 2.50 bits per heavy atom. The lowest BCUT2D eigenvalue weighted by atomic mass is 9.84. The van der Waals surface area contributed by atoms with Crippen molar-refractivity contribution in [1.29, 1.82) is 0 Å². The predicted molar refractivity (Wildman–Crippen MR) is 154 cm³/mol. The van der Waals surface area contributed by atoms with Crippen LogP contribution in [0.1, 0.15) is 59.8 Å². The Balaban J connectivity index is 1.42. The Bertz CT molecular complexity index is 1470. The topological polar surface area (TPSA) is 69.9 Å². The number of carbonyl (C=O) groups is 1. The number of aromatic nitrogens is 4. The number of hydrogen-bond donors (Lipinski definition) is 0. The zero-order valence-corrected chi connectivity index (χ0v) is 23.7. The van der Waals surface area contributed by atoms with Crippen LogP contribution in [0, 0.1) is 38.4 Å². The van der Waals surface area contributed by atoms with Crippen molar-refractivity contribution in [2.45, 2.75) is 58.8 Å². The molecular weight excluding hydrogens is 503 g/mol. The number of benzene rings is 2. The van der Waals surface area contributed by atoms with Gasteiger partial charge in [0.1, 0.15) is 17.4 Å². The molecule has 5 rings (SSSR count). The third-order valence-corrected chi connectivity index (χ3v) is 8.29.